The van der Waals surface area contributed by atoms with Crippen LogP contribution in [-0.4, -0.2) is 55.0 Å². The molecular formula is C26H41N3O4SSi. The maximum Gasteiger partial charge on any atom is 0.208 e. The molecule has 0 radical (unpaired) electrons. The van der Waals surface area contributed by atoms with E-state index in [1.807, 2.05) is 11.4 Å². The third kappa shape index (κ3) is 6.02. The second-order valence-corrected chi connectivity index (χ2v) is 16.9. The van der Waals surface area contributed by atoms with E-state index < -0.39 is 8.32 Å². The molecule has 0 bridgehead atoms. The number of hydrogen-bond donors (Lipinski definition) is 2. The second kappa shape index (κ2) is 12.1. The van der Waals surface area contributed by atoms with E-state index in [9.17, 15) is 9.90 Å². The van der Waals surface area contributed by atoms with Gasteiger partial charge in [-0.1, -0.05) is 41.5 Å². The van der Waals surface area contributed by atoms with Crippen molar-refractivity contribution in [2.75, 3.05) is 19.0 Å². The van der Waals surface area contributed by atoms with Crippen molar-refractivity contribution in [1.29, 1.82) is 0 Å². The van der Waals surface area contributed by atoms with Crippen LogP contribution < -0.4 is 5.32 Å². The average molecular weight is 520 g/mol. The highest BCUT2D eigenvalue weighted by molar-refractivity contribution is 7.12. The standard InChI is InChI=1S/C26H41N3O4SSi/c1-16(2)35(17(3)4,18(5)6)33-23-10-21(9-20(23)12-30)29-26-22(11-27-15-28-26)25(31)24-8-19(13-32-7)14-34-24/h8,11,14-18,20-21,23,30H,9-10,12-13H2,1-7H3,(H,27,28,29). The zero-order valence-electron chi connectivity index (χ0n) is 22.1. The zero-order valence-corrected chi connectivity index (χ0v) is 23.9. The fourth-order valence-corrected chi connectivity index (χ4v) is 12.4. The van der Waals surface area contributed by atoms with Crippen molar-refractivity contribution in [2.45, 2.75) is 89.8 Å². The highest BCUT2D eigenvalue weighted by atomic mass is 32.1. The maximum atomic E-state index is 13.2. The first-order chi connectivity index (χ1) is 16.6. The van der Waals surface area contributed by atoms with Gasteiger partial charge in [-0.15, -0.1) is 11.3 Å². The van der Waals surface area contributed by atoms with Gasteiger partial charge in [0.2, 0.25) is 14.1 Å². The van der Waals surface area contributed by atoms with Crippen molar-refractivity contribution < 1.29 is 19.1 Å². The van der Waals surface area contributed by atoms with Crippen LogP contribution in [0.4, 0.5) is 5.82 Å². The number of nitrogens with zero attached hydrogens (tertiary/aromatic N) is 2. The minimum Gasteiger partial charge on any atom is -0.413 e. The number of methoxy groups -OCH3 is 1. The SMILES string of the molecule is COCc1csc(C(=O)c2cncnc2NC2CC(CO)C(O[Si](C(C)C)(C(C)C)C(C)C)C2)c1. The predicted molar refractivity (Wildman–Crippen MR) is 144 cm³/mol. The van der Waals surface area contributed by atoms with Gasteiger partial charge in [0.25, 0.3) is 0 Å². The molecule has 1 saturated carbocycles. The molecule has 35 heavy (non-hydrogen) atoms. The van der Waals surface area contributed by atoms with Crippen molar-refractivity contribution in [3.8, 4) is 0 Å². The summed E-state index contributed by atoms with van der Waals surface area (Å²) in [4.78, 5) is 22.4. The molecule has 1 fully saturated rings. The highest BCUT2D eigenvalue weighted by Gasteiger charge is 2.49. The number of ether oxygens (including phenoxy) is 1. The molecule has 1 aliphatic carbocycles. The van der Waals surface area contributed by atoms with E-state index in [4.69, 9.17) is 9.16 Å². The van der Waals surface area contributed by atoms with Crippen molar-refractivity contribution >= 4 is 31.3 Å². The summed E-state index contributed by atoms with van der Waals surface area (Å²) in [5, 5.41) is 15.6. The fourth-order valence-electron chi connectivity index (χ4n) is 5.88. The molecule has 0 spiro atoms. The van der Waals surface area contributed by atoms with Crippen LogP contribution in [0, 0.1) is 5.92 Å². The van der Waals surface area contributed by atoms with Crippen LogP contribution in [0.15, 0.2) is 24.0 Å². The normalized spacial score (nSPS) is 20.8. The lowest BCUT2D eigenvalue weighted by Crippen LogP contribution is -2.51. The lowest BCUT2D eigenvalue weighted by Gasteiger charge is -2.45. The van der Waals surface area contributed by atoms with Crippen LogP contribution in [0.1, 0.15) is 75.2 Å². The first kappa shape index (κ1) is 27.9. The first-order valence-corrected chi connectivity index (χ1v) is 15.6. The number of aromatic nitrogens is 2. The molecular weight excluding hydrogens is 478 g/mol. The Hall–Kier alpha value is -1.65. The van der Waals surface area contributed by atoms with Gasteiger partial charge in [0, 0.05) is 31.9 Å². The van der Waals surface area contributed by atoms with Crippen LogP contribution in [0.5, 0.6) is 0 Å². The summed E-state index contributed by atoms with van der Waals surface area (Å²) in [7, 11) is -0.438. The minimum atomic E-state index is -2.08. The Balaban J connectivity index is 1.79. The number of aliphatic hydroxyl groups excluding tert-OH is 1. The van der Waals surface area contributed by atoms with E-state index in [1.54, 1.807) is 13.3 Å². The fraction of sp³-hybridized carbons (Fsp3) is 0.654. The molecule has 3 rings (SSSR count). The minimum absolute atomic E-state index is 0.00810. The highest BCUT2D eigenvalue weighted by Crippen LogP contribution is 2.46. The van der Waals surface area contributed by atoms with Crippen molar-refractivity contribution in [3.05, 3.63) is 40.0 Å². The Labute approximate surface area is 214 Å². The summed E-state index contributed by atoms with van der Waals surface area (Å²) in [5.74, 6) is 0.496. The number of thiophene rings is 1. The van der Waals surface area contributed by atoms with Gasteiger partial charge in [0.05, 0.1) is 23.2 Å². The number of ketones is 1. The van der Waals surface area contributed by atoms with E-state index in [0.29, 0.717) is 39.5 Å². The second-order valence-electron chi connectivity index (χ2n) is 10.6. The molecule has 7 nitrogen and oxygen atoms in total. The number of carbonyl (C=O) groups is 1. The van der Waals surface area contributed by atoms with Gasteiger partial charge in [-0.05, 0) is 46.5 Å². The summed E-state index contributed by atoms with van der Waals surface area (Å²) >= 11 is 1.40. The molecule has 2 aromatic rings. The molecule has 0 amide bonds. The molecule has 2 aromatic heterocycles. The van der Waals surface area contributed by atoms with Gasteiger partial charge in [-0.3, -0.25) is 4.79 Å². The van der Waals surface area contributed by atoms with Gasteiger partial charge in [-0.25, -0.2) is 9.97 Å². The summed E-state index contributed by atoms with van der Waals surface area (Å²) in [6.45, 7) is 14.3. The van der Waals surface area contributed by atoms with E-state index in [0.717, 1.165) is 18.4 Å². The predicted octanol–water partition coefficient (Wildman–Crippen LogP) is 5.66. The number of anilines is 1. The topological polar surface area (TPSA) is 93.6 Å². The van der Waals surface area contributed by atoms with Gasteiger partial charge in [0.1, 0.15) is 12.1 Å². The van der Waals surface area contributed by atoms with Crippen LogP contribution in [-0.2, 0) is 15.8 Å². The molecule has 2 N–H and O–H groups in total. The van der Waals surface area contributed by atoms with E-state index in [2.05, 4.69) is 56.8 Å². The summed E-state index contributed by atoms with van der Waals surface area (Å²) in [5.41, 5.74) is 2.87. The summed E-state index contributed by atoms with van der Waals surface area (Å²) in [6, 6.07) is 1.92. The molecule has 1 aliphatic rings. The van der Waals surface area contributed by atoms with Gasteiger partial charge in [-0.2, -0.15) is 0 Å². The Morgan fingerprint density at radius 1 is 1.20 bits per heavy atom. The van der Waals surface area contributed by atoms with Gasteiger partial charge in [0.15, 0.2) is 0 Å². The number of aliphatic hydroxyl groups is 1. The van der Waals surface area contributed by atoms with Crippen LogP contribution in [0.3, 0.4) is 0 Å². The Morgan fingerprint density at radius 2 is 1.89 bits per heavy atom. The monoisotopic (exact) mass is 519 g/mol. The smallest absolute Gasteiger partial charge is 0.208 e. The quantitative estimate of drug-likeness (QED) is 0.276. The number of nitrogens with one attached hydrogen (secondary N) is 1. The molecule has 0 aromatic carbocycles. The van der Waals surface area contributed by atoms with E-state index in [-0.39, 0.29) is 30.5 Å². The summed E-state index contributed by atoms with van der Waals surface area (Å²) < 4.78 is 12.2. The molecule has 3 unspecified atom stereocenters. The number of hydrogen-bond acceptors (Lipinski definition) is 8. The number of carbonyl (C=O) groups excluding carboxylic acids is 1. The lowest BCUT2D eigenvalue weighted by atomic mass is 10.1. The third-order valence-electron chi connectivity index (χ3n) is 7.41. The van der Waals surface area contributed by atoms with Crippen molar-refractivity contribution in [2.24, 2.45) is 5.92 Å². The Morgan fingerprint density at radius 3 is 2.49 bits per heavy atom. The van der Waals surface area contributed by atoms with E-state index in [1.165, 1.54) is 17.7 Å². The molecule has 9 heteroatoms. The van der Waals surface area contributed by atoms with Crippen LogP contribution in [0.2, 0.25) is 16.6 Å². The largest absolute Gasteiger partial charge is 0.413 e. The van der Waals surface area contributed by atoms with Gasteiger partial charge >= 0.3 is 0 Å². The molecule has 194 valence electrons. The van der Waals surface area contributed by atoms with Gasteiger partial charge < -0.3 is 19.6 Å². The Kier molecular flexibility index (Phi) is 9.62. The zero-order chi connectivity index (χ0) is 25.8. The van der Waals surface area contributed by atoms with Crippen molar-refractivity contribution in [3.63, 3.8) is 0 Å². The third-order valence-corrected chi connectivity index (χ3v) is 14.5. The summed E-state index contributed by atoms with van der Waals surface area (Å²) in [6.07, 6.45) is 4.58. The van der Waals surface area contributed by atoms with E-state index >= 15 is 0 Å². The Bertz CT molecular complexity index is 959. The average Bonchev–Trinajstić information content (AvgIpc) is 3.43. The van der Waals surface area contributed by atoms with Crippen LogP contribution >= 0.6 is 11.3 Å². The molecule has 0 saturated heterocycles. The first-order valence-electron chi connectivity index (χ1n) is 12.6. The molecule has 0 aliphatic heterocycles. The maximum absolute atomic E-state index is 13.2. The molecule has 2 heterocycles. The van der Waals surface area contributed by atoms with Crippen LogP contribution in [0.25, 0.3) is 0 Å². The van der Waals surface area contributed by atoms with Crippen molar-refractivity contribution in [1.82, 2.24) is 9.97 Å². The lowest BCUT2D eigenvalue weighted by molar-refractivity contribution is 0.0941. The number of rotatable bonds is 12. The molecule has 3 atom stereocenters.